The number of likely N-dealkylation sites (tertiary alicyclic amines) is 1. The van der Waals surface area contributed by atoms with Gasteiger partial charge in [-0.05, 0) is 30.4 Å². The van der Waals surface area contributed by atoms with Crippen LogP contribution in [0.25, 0.3) is 0 Å². The molecule has 0 aliphatic carbocycles. The molecule has 2 amide bonds. The third kappa shape index (κ3) is 6.47. The van der Waals surface area contributed by atoms with Crippen LogP contribution in [0, 0.1) is 0 Å². The molecule has 32 heavy (non-hydrogen) atoms. The smallest absolute Gasteiger partial charge is 0.411 e. The van der Waals surface area contributed by atoms with Crippen molar-refractivity contribution < 1.29 is 28.6 Å². The Kier molecular flexibility index (Phi) is 8.48. The van der Waals surface area contributed by atoms with E-state index in [-0.39, 0.29) is 19.8 Å². The number of piperidine rings is 1. The molecule has 8 nitrogen and oxygen atoms in total. The number of nitrogens with zero attached hydrogens (tertiary/aromatic N) is 1. The van der Waals surface area contributed by atoms with Gasteiger partial charge < -0.3 is 19.5 Å². The van der Waals surface area contributed by atoms with Gasteiger partial charge in [-0.2, -0.15) is 0 Å². The van der Waals surface area contributed by atoms with Crippen molar-refractivity contribution in [3.63, 3.8) is 0 Å². The maximum atomic E-state index is 12.9. The molecule has 0 spiro atoms. The fourth-order valence-electron chi connectivity index (χ4n) is 3.69. The summed E-state index contributed by atoms with van der Waals surface area (Å²) in [6, 6.07) is 17.5. The van der Waals surface area contributed by atoms with Gasteiger partial charge in [0.05, 0.1) is 13.2 Å². The lowest BCUT2D eigenvalue weighted by molar-refractivity contribution is -0.148. The van der Waals surface area contributed by atoms with Crippen LogP contribution in [0.2, 0.25) is 0 Å². The Hall–Kier alpha value is -3.55. The van der Waals surface area contributed by atoms with Gasteiger partial charge in [-0.3, -0.25) is 4.90 Å². The molecule has 1 N–H and O–H groups in total. The van der Waals surface area contributed by atoms with Crippen molar-refractivity contribution in [3.05, 3.63) is 71.8 Å². The normalized spacial score (nSPS) is 17.8. The number of rotatable bonds is 7. The first-order valence-corrected chi connectivity index (χ1v) is 10.6. The van der Waals surface area contributed by atoms with Crippen LogP contribution in [0.3, 0.4) is 0 Å². The fraction of sp³-hybridized carbons (Fsp3) is 0.375. The van der Waals surface area contributed by atoms with Crippen molar-refractivity contribution in [2.45, 2.75) is 44.6 Å². The lowest BCUT2D eigenvalue weighted by atomic mass is 9.96. The molecule has 0 bridgehead atoms. The SMILES string of the molecule is COC(=O)C1CCCC(CNC(=O)OCc2ccccc2)N1C(=O)OCc1ccccc1. The molecule has 0 saturated carbocycles. The summed E-state index contributed by atoms with van der Waals surface area (Å²) >= 11 is 0. The number of amides is 2. The monoisotopic (exact) mass is 440 g/mol. The summed E-state index contributed by atoms with van der Waals surface area (Å²) in [5, 5.41) is 2.70. The molecule has 1 aliphatic rings. The number of carbonyl (C=O) groups excluding carboxylic acids is 3. The largest absolute Gasteiger partial charge is 0.467 e. The number of ether oxygens (including phenoxy) is 3. The fourth-order valence-corrected chi connectivity index (χ4v) is 3.69. The zero-order chi connectivity index (χ0) is 22.8. The predicted molar refractivity (Wildman–Crippen MR) is 117 cm³/mol. The molecule has 8 heteroatoms. The lowest BCUT2D eigenvalue weighted by Crippen LogP contribution is -2.57. The van der Waals surface area contributed by atoms with E-state index in [4.69, 9.17) is 14.2 Å². The number of benzene rings is 2. The summed E-state index contributed by atoms with van der Waals surface area (Å²) < 4.78 is 15.6. The lowest BCUT2D eigenvalue weighted by Gasteiger charge is -2.39. The Morgan fingerprint density at radius 1 is 0.906 bits per heavy atom. The Balaban J connectivity index is 1.60. The quantitative estimate of drug-likeness (QED) is 0.522. The molecule has 1 aliphatic heterocycles. The molecule has 1 heterocycles. The van der Waals surface area contributed by atoms with E-state index in [9.17, 15) is 14.4 Å². The van der Waals surface area contributed by atoms with Gasteiger partial charge in [0.25, 0.3) is 0 Å². The van der Waals surface area contributed by atoms with Gasteiger partial charge in [-0.25, -0.2) is 14.4 Å². The minimum Gasteiger partial charge on any atom is -0.467 e. The molecule has 170 valence electrons. The van der Waals surface area contributed by atoms with Crippen molar-refractivity contribution in [1.29, 1.82) is 0 Å². The number of hydrogen-bond donors (Lipinski definition) is 1. The highest BCUT2D eigenvalue weighted by Gasteiger charge is 2.40. The Bertz CT molecular complexity index is 890. The topological polar surface area (TPSA) is 94.2 Å². The molecule has 2 unspecified atom stereocenters. The molecule has 2 aromatic carbocycles. The van der Waals surface area contributed by atoms with Crippen LogP contribution in [0.15, 0.2) is 60.7 Å². The van der Waals surface area contributed by atoms with Gasteiger partial charge in [-0.1, -0.05) is 60.7 Å². The average Bonchev–Trinajstić information content (AvgIpc) is 2.85. The van der Waals surface area contributed by atoms with Crippen LogP contribution in [-0.2, 0) is 32.2 Å². The minimum absolute atomic E-state index is 0.0866. The number of nitrogens with one attached hydrogen (secondary N) is 1. The summed E-state index contributed by atoms with van der Waals surface area (Å²) in [5.74, 6) is -0.502. The van der Waals surface area contributed by atoms with Gasteiger partial charge in [0.15, 0.2) is 0 Å². The van der Waals surface area contributed by atoms with E-state index >= 15 is 0 Å². The molecule has 2 aromatic rings. The van der Waals surface area contributed by atoms with Gasteiger partial charge >= 0.3 is 18.2 Å². The van der Waals surface area contributed by atoms with Gasteiger partial charge in [0.2, 0.25) is 0 Å². The van der Waals surface area contributed by atoms with Crippen LogP contribution in [0.1, 0.15) is 30.4 Å². The van der Waals surface area contributed by atoms with Crippen LogP contribution < -0.4 is 5.32 Å². The van der Waals surface area contributed by atoms with Gasteiger partial charge in [0, 0.05) is 6.54 Å². The second-order valence-corrected chi connectivity index (χ2v) is 7.51. The van der Waals surface area contributed by atoms with E-state index in [0.717, 1.165) is 11.1 Å². The zero-order valence-corrected chi connectivity index (χ0v) is 18.1. The van der Waals surface area contributed by atoms with E-state index in [1.807, 2.05) is 60.7 Å². The molecule has 1 saturated heterocycles. The maximum absolute atomic E-state index is 12.9. The first-order valence-electron chi connectivity index (χ1n) is 10.6. The summed E-state index contributed by atoms with van der Waals surface area (Å²) in [5.41, 5.74) is 1.71. The Morgan fingerprint density at radius 3 is 2.09 bits per heavy atom. The molecule has 1 fully saturated rings. The van der Waals surface area contributed by atoms with Crippen molar-refractivity contribution in [1.82, 2.24) is 10.2 Å². The molecule has 0 radical (unpaired) electrons. The number of carbonyl (C=O) groups is 3. The Labute approximate surface area is 187 Å². The first kappa shape index (κ1) is 23.1. The average molecular weight is 440 g/mol. The standard InChI is InChI=1S/C24H28N2O6/c1-30-22(27)21-14-8-13-20(15-25-23(28)31-16-18-9-4-2-5-10-18)26(21)24(29)32-17-19-11-6-3-7-12-19/h2-7,9-12,20-21H,8,13-17H2,1H3,(H,25,28). The van der Waals surface area contributed by atoms with Crippen LogP contribution in [-0.4, -0.2) is 48.8 Å². The highest BCUT2D eigenvalue weighted by molar-refractivity contribution is 5.82. The van der Waals surface area contributed by atoms with E-state index in [0.29, 0.717) is 19.3 Å². The summed E-state index contributed by atoms with van der Waals surface area (Å²) in [6.07, 6.45) is 0.600. The van der Waals surface area contributed by atoms with Gasteiger partial charge in [-0.15, -0.1) is 0 Å². The van der Waals surface area contributed by atoms with E-state index < -0.39 is 30.2 Å². The van der Waals surface area contributed by atoms with Gasteiger partial charge in [0.1, 0.15) is 19.3 Å². The summed E-state index contributed by atoms with van der Waals surface area (Å²) in [4.78, 5) is 38.8. The Morgan fingerprint density at radius 2 is 1.50 bits per heavy atom. The molecular formula is C24H28N2O6. The number of methoxy groups -OCH3 is 1. The third-order valence-corrected chi connectivity index (χ3v) is 5.33. The maximum Gasteiger partial charge on any atom is 0.411 e. The van der Waals surface area contributed by atoms with E-state index in [1.54, 1.807) is 0 Å². The molecule has 2 atom stereocenters. The van der Waals surface area contributed by atoms with E-state index in [1.165, 1.54) is 12.0 Å². The highest BCUT2D eigenvalue weighted by atomic mass is 16.6. The third-order valence-electron chi connectivity index (χ3n) is 5.33. The van der Waals surface area contributed by atoms with Crippen molar-refractivity contribution in [3.8, 4) is 0 Å². The number of alkyl carbamates (subject to hydrolysis) is 1. The molecular weight excluding hydrogens is 412 g/mol. The van der Waals surface area contributed by atoms with Crippen molar-refractivity contribution in [2.24, 2.45) is 0 Å². The predicted octanol–water partition coefficient (Wildman–Crippen LogP) is 3.65. The van der Waals surface area contributed by atoms with E-state index in [2.05, 4.69) is 5.32 Å². The highest BCUT2D eigenvalue weighted by Crippen LogP contribution is 2.25. The minimum atomic E-state index is -0.760. The zero-order valence-electron chi connectivity index (χ0n) is 18.1. The van der Waals surface area contributed by atoms with Crippen molar-refractivity contribution in [2.75, 3.05) is 13.7 Å². The second-order valence-electron chi connectivity index (χ2n) is 7.51. The van der Waals surface area contributed by atoms with Crippen LogP contribution >= 0.6 is 0 Å². The molecule has 0 aromatic heterocycles. The van der Waals surface area contributed by atoms with Crippen LogP contribution in [0.4, 0.5) is 9.59 Å². The van der Waals surface area contributed by atoms with Crippen molar-refractivity contribution >= 4 is 18.2 Å². The number of hydrogen-bond acceptors (Lipinski definition) is 6. The molecule has 3 rings (SSSR count). The summed E-state index contributed by atoms with van der Waals surface area (Å²) in [7, 11) is 1.29. The number of esters is 1. The summed E-state index contributed by atoms with van der Waals surface area (Å²) in [6.45, 7) is 0.371. The second kappa shape index (κ2) is 11.7. The van der Waals surface area contributed by atoms with Crippen LogP contribution in [0.5, 0.6) is 0 Å². The first-order chi connectivity index (χ1) is 15.6.